The predicted octanol–water partition coefficient (Wildman–Crippen LogP) is 2.61. The van der Waals surface area contributed by atoms with E-state index in [1.165, 1.54) is 42.1 Å². The lowest BCUT2D eigenvalue weighted by Crippen LogP contribution is -2.15. The van der Waals surface area contributed by atoms with Crippen molar-refractivity contribution in [3.8, 4) is 11.9 Å². The summed E-state index contributed by atoms with van der Waals surface area (Å²) < 4.78 is 27.6. The van der Waals surface area contributed by atoms with Gasteiger partial charge in [0, 0.05) is 5.69 Å². The largest absolute Gasteiger partial charge is 0.508 e. The summed E-state index contributed by atoms with van der Waals surface area (Å²) >= 11 is 1.19. The maximum absolute atomic E-state index is 12.6. The van der Waals surface area contributed by atoms with Gasteiger partial charge in [-0.25, -0.2) is 13.4 Å². The van der Waals surface area contributed by atoms with Crippen molar-refractivity contribution in [3.63, 3.8) is 0 Å². The lowest BCUT2D eigenvalue weighted by atomic mass is 10.3. The molecule has 0 heterocycles. The van der Waals surface area contributed by atoms with Gasteiger partial charge in [0.25, 0.3) is 10.0 Å². The van der Waals surface area contributed by atoms with E-state index in [1.54, 1.807) is 30.6 Å². The molecule has 0 atom stereocenters. The number of rotatable bonds is 4. The number of sulfonamides is 1. The number of nitrogens with one attached hydrogen (secondary N) is 2. The summed E-state index contributed by atoms with van der Waals surface area (Å²) in [4.78, 5) is 4.15. The molecule has 0 aromatic heterocycles. The van der Waals surface area contributed by atoms with Crippen molar-refractivity contribution >= 4 is 38.3 Å². The van der Waals surface area contributed by atoms with E-state index in [1.807, 2.05) is 0 Å². The molecule has 3 N–H and O–H groups in total. The van der Waals surface area contributed by atoms with E-state index < -0.39 is 10.0 Å². The third-order valence-corrected chi connectivity index (χ3v) is 4.86. The number of thioether (sulfide) groups is 1. The molecule has 0 saturated heterocycles. The van der Waals surface area contributed by atoms with Crippen LogP contribution in [0.4, 0.5) is 11.4 Å². The number of para-hydroxylation sites is 1. The second-order valence-electron chi connectivity index (χ2n) is 4.48. The average Bonchev–Trinajstić information content (AvgIpc) is 2.56. The topological polar surface area (TPSA) is 115 Å². The van der Waals surface area contributed by atoms with Crippen LogP contribution in [0, 0.1) is 11.5 Å². The van der Waals surface area contributed by atoms with Crippen molar-refractivity contribution in [3.05, 3.63) is 48.5 Å². The number of hydrogen-bond acceptors (Lipinski definition) is 6. The van der Waals surface area contributed by atoms with Crippen molar-refractivity contribution in [2.75, 3.05) is 11.0 Å². The van der Waals surface area contributed by atoms with Gasteiger partial charge in [0.15, 0.2) is 11.4 Å². The van der Waals surface area contributed by atoms with Crippen molar-refractivity contribution in [2.24, 2.45) is 4.99 Å². The first-order valence-corrected chi connectivity index (χ1v) is 9.36. The van der Waals surface area contributed by atoms with Crippen LogP contribution in [0.25, 0.3) is 0 Å². The van der Waals surface area contributed by atoms with Crippen molar-refractivity contribution < 1.29 is 13.5 Å². The number of benzene rings is 2. The van der Waals surface area contributed by atoms with Gasteiger partial charge in [0.1, 0.15) is 10.6 Å². The minimum atomic E-state index is -3.88. The Morgan fingerprint density at radius 2 is 1.88 bits per heavy atom. The Morgan fingerprint density at radius 1 is 1.21 bits per heavy atom. The number of hydrogen-bond donors (Lipinski definition) is 3. The molecule has 0 fully saturated rings. The monoisotopic (exact) mass is 362 g/mol. The Morgan fingerprint density at radius 3 is 2.50 bits per heavy atom. The van der Waals surface area contributed by atoms with E-state index in [9.17, 15) is 13.5 Å². The van der Waals surface area contributed by atoms with Crippen molar-refractivity contribution in [2.45, 2.75) is 4.90 Å². The third kappa shape index (κ3) is 4.41. The Kier molecular flexibility index (Phi) is 5.68. The first kappa shape index (κ1) is 17.7. The zero-order valence-corrected chi connectivity index (χ0v) is 14.2. The fourth-order valence-corrected chi connectivity index (χ4v) is 3.34. The molecule has 24 heavy (non-hydrogen) atoms. The van der Waals surface area contributed by atoms with Gasteiger partial charge in [-0.3, -0.25) is 10.0 Å². The normalized spacial score (nSPS) is 11.6. The van der Waals surface area contributed by atoms with Crippen LogP contribution in [0.15, 0.2) is 58.4 Å². The van der Waals surface area contributed by atoms with Crippen LogP contribution in [-0.4, -0.2) is 24.9 Å². The quantitative estimate of drug-likeness (QED) is 0.253. The van der Waals surface area contributed by atoms with E-state index >= 15 is 0 Å². The summed E-state index contributed by atoms with van der Waals surface area (Å²) in [6, 6.07) is 11.9. The molecule has 0 aliphatic heterocycles. The molecule has 0 radical (unpaired) electrons. The maximum atomic E-state index is 12.6. The third-order valence-electron chi connectivity index (χ3n) is 2.85. The molecule has 2 aromatic rings. The molecule has 0 spiro atoms. The Hall–Kier alpha value is -2.70. The Labute approximate surface area is 144 Å². The molecule has 0 unspecified atom stereocenters. The molecule has 0 aliphatic rings. The number of nitrogens with zero attached hydrogens (tertiary/aromatic N) is 2. The standard InChI is InChI=1S/C15H14N4O3S2/c1-23-15(17-10-16)18-13-4-2-3-5-14(13)24(21,22)19-11-6-8-12(20)9-7-11/h2-9,19-20H,1H3,(H,17,18). The van der Waals surface area contributed by atoms with E-state index in [2.05, 4.69) is 15.0 Å². The Bertz CT molecular complexity index is 888. The van der Waals surface area contributed by atoms with Crippen molar-refractivity contribution in [1.82, 2.24) is 5.32 Å². The first-order valence-electron chi connectivity index (χ1n) is 6.65. The highest BCUT2D eigenvalue weighted by molar-refractivity contribution is 8.13. The molecule has 7 nitrogen and oxygen atoms in total. The van der Waals surface area contributed by atoms with E-state index in [0.717, 1.165) is 0 Å². The van der Waals surface area contributed by atoms with Crippen LogP contribution in [-0.2, 0) is 10.0 Å². The van der Waals surface area contributed by atoms with Gasteiger partial charge in [0.2, 0.25) is 0 Å². The van der Waals surface area contributed by atoms with Crippen LogP contribution < -0.4 is 10.0 Å². The molecule has 0 aliphatic carbocycles. The van der Waals surface area contributed by atoms with E-state index in [-0.39, 0.29) is 21.5 Å². The van der Waals surface area contributed by atoms with Gasteiger partial charge in [0.05, 0.1) is 5.69 Å². The summed E-state index contributed by atoms with van der Waals surface area (Å²) in [5.74, 6) is 0.0372. The molecule has 2 rings (SSSR count). The van der Waals surface area contributed by atoms with Gasteiger partial charge < -0.3 is 5.11 Å². The Balaban J connectivity index is 2.40. The van der Waals surface area contributed by atoms with Crippen LogP contribution in [0.1, 0.15) is 0 Å². The molecule has 9 heteroatoms. The molecule has 0 saturated carbocycles. The summed E-state index contributed by atoms with van der Waals surface area (Å²) in [7, 11) is -3.88. The zero-order chi connectivity index (χ0) is 17.6. The zero-order valence-electron chi connectivity index (χ0n) is 12.6. The summed E-state index contributed by atoms with van der Waals surface area (Å²) in [6.07, 6.45) is 3.47. The minimum Gasteiger partial charge on any atom is -0.508 e. The van der Waals surface area contributed by atoms with Gasteiger partial charge >= 0.3 is 0 Å². The van der Waals surface area contributed by atoms with E-state index in [0.29, 0.717) is 5.69 Å². The van der Waals surface area contributed by atoms with Gasteiger partial charge in [-0.15, -0.1) is 0 Å². The molecule has 0 bridgehead atoms. The highest BCUT2D eigenvalue weighted by Crippen LogP contribution is 2.27. The number of phenolic OH excluding ortho intramolecular Hbond substituents is 1. The number of aliphatic imine (C=N–C) groups is 1. The van der Waals surface area contributed by atoms with Crippen molar-refractivity contribution in [1.29, 1.82) is 5.26 Å². The summed E-state index contributed by atoms with van der Waals surface area (Å²) in [6.45, 7) is 0. The maximum Gasteiger partial charge on any atom is 0.264 e. The van der Waals surface area contributed by atoms with Crippen LogP contribution in [0.2, 0.25) is 0 Å². The molecule has 124 valence electrons. The lowest BCUT2D eigenvalue weighted by molar-refractivity contribution is 0.475. The highest BCUT2D eigenvalue weighted by atomic mass is 32.2. The van der Waals surface area contributed by atoms with Gasteiger partial charge in [-0.1, -0.05) is 23.9 Å². The second-order valence-corrected chi connectivity index (χ2v) is 6.92. The summed E-state index contributed by atoms with van der Waals surface area (Å²) in [5.41, 5.74) is 0.516. The number of amidine groups is 1. The van der Waals surface area contributed by atoms with Crippen LogP contribution >= 0.6 is 11.8 Å². The van der Waals surface area contributed by atoms with E-state index in [4.69, 9.17) is 5.26 Å². The molecular formula is C15H14N4O3S2. The fourth-order valence-electron chi connectivity index (χ4n) is 1.80. The number of phenols is 1. The SMILES string of the molecule is CSC(=Nc1ccccc1S(=O)(=O)Nc1ccc(O)cc1)NC#N. The van der Waals surface area contributed by atoms with Gasteiger partial charge in [-0.05, 0) is 42.7 Å². The number of aromatic hydroxyl groups is 1. The average molecular weight is 362 g/mol. The smallest absolute Gasteiger partial charge is 0.264 e. The summed E-state index contributed by atoms with van der Waals surface area (Å²) in [5, 5.41) is 20.6. The fraction of sp³-hybridized carbons (Fsp3) is 0.0667. The number of nitriles is 1. The second kappa shape index (κ2) is 7.72. The molecule has 2 aromatic carbocycles. The van der Waals surface area contributed by atoms with Gasteiger partial charge in [-0.2, -0.15) is 5.26 Å². The molecular weight excluding hydrogens is 348 g/mol. The van der Waals surface area contributed by atoms with Crippen LogP contribution in [0.3, 0.4) is 0 Å². The highest BCUT2D eigenvalue weighted by Gasteiger charge is 2.18. The molecule has 0 amide bonds. The minimum absolute atomic E-state index is 0.0237. The predicted molar refractivity (Wildman–Crippen MR) is 94.7 cm³/mol. The lowest BCUT2D eigenvalue weighted by Gasteiger charge is -2.10. The number of anilines is 1. The first-order chi connectivity index (χ1) is 11.5. The van der Waals surface area contributed by atoms with Crippen LogP contribution in [0.5, 0.6) is 5.75 Å².